The van der Waals surface area contributed by atoms with Gasteiger partial charge < -0.3 is 14.8 Å². The highest BCUT2D eigenvalue weighted by Gasteiger charge is 2.40. The van der Waals surface area contributed by atoms with Crippen LogP contribution in [0.1, 0.15) is 5.69 Å². The minimum atomic E-state index is -0.815. The zero-order chi connectivity index (χ0) is 15.8. The van der Waals surface area contributed by atoms with Crippen LogP contribution in [0.15, 0.2) is 24.4 Å². The van der Waals surface area contributed by atoms with Crippen molar-refractivity contribution in [1.29, 1.82) is 0 Å². The van der Waals surface area contributed by atoms with Crippen LogP contribution in [0, 0.1) is 12.3 Å². The molecule has 0 saturated carbocycles. The second-order valence-corrected chi connectivity index (χ2v) is 5.43. The molecule has 1 atom stereocenters. The molecule has 0 spiro atoms. The van der Waals surface area contributed by atoms with E-state index in [-0.39, 0.29) is 0 Å². The number of ether oxygens (including phenoxy) is 2. The molecule has 1 aliphatic rings. The van der Waals surface area contributed by atoms with Crippen molar-refractivity contribution in [2.45, 2.75) is 5.60 Å². The van der Waals surface area contributed by atoms with Crippen molar-refractivity contribution in [3.05, 3.63) is 30.1 Å². The monoisotopic (exact) mass is 319 g/mol. The van der Waals surface area contributed by atoms with Crippen molar-refractivity contribution in [2.24, 2.45) is 0 Å². The Hall–Kier alpha value is -1.52. The van der Waals surface area contributed by atoms with Gasteiger partial charge in [0.2, 0.25) is 0 Å². The average Bonchev–Trinajstić information content (AvgIpc) is 2.59. The highest BCUT2D eigenvalue weighted by molar-refractivity contribution is 7.80. The molecule has 1 N–H and O–H groups in total. The van der Waals surface area contributed by atoms with Crippen molar-refractivity contribution < 1.29 is 9.47 Å². The number of aromatic nitrogens is 1. The van der Waals surface area contributed by atoms with Crippen molar-refractivity contribution in [2.75, 3.05) is 46.5 Å². The molecule has 2 heterocycles. The summed E-state index contributed by atoms with van der Waals surface area (Å²) < 4.78 is 11.3. The predicted octanol–water partition coefficient (Wildman–Crippen LogP) is 0.806. The van der Waals surface area contributed by atoms with Gasteiger partial charge in [-0.05, 0) is 12.1 Å². The molecule has 0 radical (unpaired) electrons. The van der Waals surface area contributed by atoms with Gasteiger partial charge in [0, 0.05) is 32.9 Å². The van der Waals surface area contributed by atoms with Gasteiger partial charge in [0.05, 0.1) is 25.5 Å². The van der Waals surface area contributed by atoms with E-state index in [0.29, 0.717) is 31.3 Å². The minimum absolute atomic E-state index is 0.361. The van der Waals surface area contributed by atoms with E-state index >= 15 is 0 Å². The number of methoxy groups -OCH3 is 1. The fourth-order valence-electron chi connectivity index (χ4n) is 2.48. The maximum atomic E-state index is 5.87. The molecular weight excluding hydrogens is 298 g/mol. The van der Waals surface area contributed by atoms with Crippen LogP contribution in [0.5, 0.6) is 0 Å². The SMILES string of the molecule is C#CCNC(=S)C(CN1CCOCC1)(OC)c1ccccn1. The Labute approximate surface area is 137 Å². The highest BCUT2D eigenvalue weighted by Crippen LogP contribution is 2.26. The van der Waals surface area contributed by atoms with E-state index < -0.39 is 5.60 Å². The van der Waals surface area contributed by atoms with Crippen LogP contribution >= 0.6 is 12.2 Å². The van der Waals surface area contributed by atoms with Gasteiger partial charge in [0.25, 0.3) is 0 Å². The Morgan fingerprint density at radius 2 is 2.32 bits per heavy atom. The Bertz CT molecular complexity index is 526. The Kier molecular flexibility index (Phi) is 6.28. The fourth-order valence-corrected chi connectivity index (χ4v) is 2.81. The summed E-state index contributed by atoms with van der Waals surface area (Å²) in [4.78, 5) is 7.28. The maximum absolute atomic E-state index is 5.87. The van der Waals surface area contributed by atoms with E-state index in [0.717, 1.165) is 18.8 Å². The van der Waals surface area contributed by atoms with E-state index in [9.17, 15) is 0 Å². The van der Waals surface area contributed by atoms with E-state index in [1.54, 1.807) is 13.3 Å². The topological polar surface area (TPSA) is 46.6 Å². The largest absolute Gasteiger partial charge is 0.379 e. The number of morpholine rings is 1. The van der Waals surface area contributed by atoms with Gasteiger partial charge in [-0.3, -0.25) is 9.88 Å². The second-order valence-electron chi connectivity index (χ2n) is 5.02. The van der Waals surface area contributed by atoms with Crippen LogP contribution in [0.2, 0.25) is 0 Å². The number of pyridine rings is 1. The quantitative estimate of drug-likeness (QED) is 0.618. The summed E-state index contributed by atoms with van der Waals surface area (Å²) in [5.74, 6) is 2.54. The number of nitrogens with zero attached hydrogens (tertiary/aromatic N) is 2. The molecule has 1 aromatic rings. The number of hydrogen-bond donors (Lipinski definition) is 1. The molecule has 0 aromatic carbocycles. The molecule has 0 aliphatic carbocycles. The second kappa shape index (κ2) is 8.20. The van der Waals surface area contributed by atoms with E-state index in [1.165, 1.54) is 0 Å². The number of hydrogen-bond acceptors (Lipinski definition) is 5. The van der Waals surface area contributed by atoms with Gasteiger partial charge in [-0.15, -0.1) is 6.42 Å². The summed E-state index contributed by atoms with van der Waals surface area (Å²) in [5.41, 5.74) is -0.0383. The summed E-state index contributed by atoms with van der Waals surface area (Å²) in [6, 6.07) is 5.73. The van der Waals surface area contributed by atoms with E-state index in [2.05, 4.69) is 21.1 Å². The summed E-state index contributed by atoms with van der Waals surface area (Å²) in [6.07, 6.45) is 7.07. The molecule has 118 valence electrons. The van der Waals surface area contributed by atoms with Crippen LogP contribution in [-0.4, -0.2) is 61.4 Å². The molecule has 1 fully saturated rings. The van der Waals surface area contributed by atoms with Gasteiger partial charge in [0.15, 0.2) is 5.60 Å². The van der Waals surface area contributed by atoms with Crippen molar-refractivity contribution >= 4 is 17.2 Å². The zero-order valence-corrected chi connectivity index (χ0v) is 13.6. The number of rotatable bonds is 6. The first-order valence-corrected chi connectivity index (χ1v) is 7.62. The van der Waals surface area contributed by atoms with Crippen LogP contribution < -0.4 is 5.32 Å². The first kappa shape index (κ1) is 16.8. The summed E-state index contributed by atoms with van der Waals surface area (Å²) >= 11 is 5.57. The van der Waals surface area contributed by atoms with Crippen LogP contribution in [0.3, 0.4) is 0 Å². The third-order valence-electron chi connectivity index (χ3n) is 3.69. The number of nitrogens with one attached hydrogen (secondary N) is 1. The lowest BCUT2D eigenvalue weighted by atomic mass is 9.96. The third-order valence-corrected chi connectivity index (χ3v) is 4.17. The molecule has 0 amide bonds. The van der Waals surface area contributed by atoms with Crippen molar-refractivity contribution in [3.8, 4) is 12.3 Å². The van der Waals surface area contributed by atoms with Gasteiger partial charge in [-0.25, -0.2) is 0 Å². The lowest BCUT2D eigenvalue weighted by molar-refractivity contribution is -0.0253. The highest BCUT2D eigenvalue weighted by atomic mass is 32.1. The minimum Gasteiger partial charge on any atom is -0.379 e. The molecule has 1 aliphatic heterocycles. The average molecular weight is 319 g/mol. The third kappa shape index (κ3) is 3.81. The first-order valence-electron chi connectivity index (χ1n) is 7.21. The number of thiocarbonyl (C=S) groups is 1. The normalized spacial score (nSPS) is 18.2. The van der Waals surface area contributed by atoms with Crippen LogP contribution in [-0.2, 0) is 15.1 Å². The summed E-state index contributed by atoms with van der Waals surface area (Å²) in [6.45, 7) is 4.09. The molecule has 1 unspecified atom stereocenters. The molecular formula is C16H21N3O2S. The molecule has 0 bridgehead atoms. The molecule has 6 heteroatoms. The van der Waals surface area contributed by atoms with Gasteiger partial charge in [-0.1, -0.05) is 24.2 Å². The molecule has 22 heavy (non-hydrogen) atoms. The van der Waals surface area contributed by atoms with Crippen LogP contribution in [0.4, 0.5) is 0 Å². The summed E-state index contributed by atoms with van der Waals surface area (Å²) in [7, 11) is 1.65. The Morgan fingerprint density at radius 3 is 2.91 bits per heavy atom. The Morgan fingerprint density at radius 1 is 1.55 bits per heavy atom. The predicted molar refractivity (Wildman–Crippen MR) is 89.6 cm³/mol. The number of terminal acetylenes is 1. The lowest BCUT2D eigenvalue weighted by Crippen LogP contribution is -2.54. The van der Waals surface area contributed by atoms with Gasteiger partial charge >= 0.3 is 0 Å². The van der Waals surface area contributed by atoms with Crippen molar-refractivity contribution in [3.63, 3.8) is 0 Å². The molecule has 1 aromatic heterocycles. The molecule has 1 saturated heterocycles. The van der Waals surface area contributed by atoms with Crippen LogP contribution in [0.25, 0.3) is 0 Å². The zero-order valence-electron chi connectivity index (χ0n) is 12.7. The van der Waals surface area contributed by atoms with Crippen molar-refractivity contribution in [1.82, 2.24) is 15.2 Å². The molecule has 5 nitrogen and oxygen atoms in total. The van der Waals surface area contributed by atoms with E-state index in [1.807, 2.05) is 18.2 Å². The first-order chi connectivity index (χ1) is 10.7. The maximum Gasteiger partial charge on any atom is 0.172 e. The van der Waals surface area contributed by atoms with E-state index in [4.69, 9.17) is 28.1 Å². The standard InChI is InChI=1S/C16H21N3O2S/c1-3-7-18-15(22)16(20-2,14-6-4-5-8-17-14)13-19-9-11-21-12-10-19/h1,4-6,8H,7,9-13H2,2H3,(H,18,22). The lowest BCUT2D eigenvalue weighted by Gasteiger charge is -2.38. The Balaban J connectivity index is 2.28. The smallest absolute Gasteiger partial charge is 0.172 e. The van der Waals surface area contributed by atoms with Gasteiger partial charge in [0.1, 0.15) is 4.99 Å². The summed E-state index contributed by atoms with van der Waals surface area (Å²) in [5, 5.41) is 3.08. The fraction of sp³-hybridized carbons (Fsp3) is 0.500. The molecule has 2 rings (SSSR count). The van der Waals surface area contributed by atoms with Gasteiger partial charge in [-0.2, -0.15) is 0 Å².